The smallest absolute Gasteiger partial charge is 0.306 e. The molecule has 356 valence electrons. The predicted octanol–water partition coefficient (Wildman–Crippen LogP) is 7.44. The number of carbonyl (C=O) groups is 4. The Hall–Kier alpha value is -6.89. The molecule has 0 spiro atoms. The second kappa shape index (κ2) is 18.5. The number of thiophene rings is 1. The average Bonchev–Trinajstić information content (AvgIpc) is 4.14. The van der Waals surface area contributed by atoms with Crippen LogP contribution in [0.4, 0.5) is 0 Å². The Balaban J connectivity index is 0.882. The molecule has 9 rings (SSSR count). The molecular formula is C51H54N10O6S2. The van der Waals surface area contributed by atoms with Crippen LogP contribution >= 0.6 is 22.7 Å². The van der Waals surface area contributed by atoms with Gasteiger partial charge in [0.05, 0.1) is 45.9 Å². The highest BCUT2D eigenvalue weighted by atomic mass is 32.1. The van der Waals surface area contributed by atoms with Crippen LogP contribution in [0.15, 0.2) is 83.4 Å². The molecule has 4 N–H and O–H groups in total. The number of nitrogens with one attached hydrogen (secondary N) is 2. The van der Waals surface area contributed by atoms with Crippen LogP contribution in [0.25, 0.3) is 37.5 Å². The van der Waals surface area contributed by atoms with Gasteiger partial charge in [0.1, 0.15) is 35.5 Å². The number of aliphatic imine (C=N–C) groups is 1. The first kappa shape index (κ1) is 47.2. The van der Waals surface area contributed by atoms with E-state index in [0.29, 0.717) is 22.9 Å². The number of aliphatic carboxylic acids is 1. The lowest BCUT2D eigenvalue weighted by atomic mass is 9.85. The highest BCUT2D eigenvalue weighted by Crippen LogP contribution is 2.40. The Bertz CT molecular complexity index is 3160. The minimum atomic E-state index is -1.000. The van der Waals surface area contributed by atoms with Gasteiger partial charge in [0.15, 0.2) is 5.82 Å². The van der Waals surface area contributed by atoms with Gasteiger partial charge in [0.2, 0.25) is 17.7 Å². The van der Waals surface area contributed by atoms with Crippen LogP contribution < -0.4 is 10.6 Å². The molecule has 0 bridgehead atoms. The molecule has 1 saturated heterocycles. The summed E-state index contributed by atoms with van der Waals surface area (Å²) in [6.07, 6.45) is 0.742. The number of amides is 3. The van der Waals surface area contributed by atoms with Crippen LogP contribution in [0.1, 0.15) is 97.1 Å². The first-order valence-corrected chi connectivity index (χ1v) is 24.5. The van der Waals surface area contributed by atoms with E-state index in [-0.39, 0.29) is 37.9 Å². The van der Waals surface area contributed by atoms with Crippen molar-refractivity contribution in [2.45, 2.75) is 105 Å². The molecule has 1 fully saturated rings. The Morgan fingerprint density at radius 3 is 2.28 bits per heavy atom. The Morgan fingerprint density at radius 1 is 0.899 bits per heavy atom. The van der Waals surface area contributed by atoms with Crippen molar-refractivity contribution in [3.05, 3.63) is 123 Å². The van der Waals surface area contributed by atoms with E-state index in [0.717, 1.165) is 64.8 Å². The van der Waals surface area contributed by atoms with Gasteiger partial charge < -0.3 is 25.7 Å². The van der Waals surface area contributed by atoms with E-state index < -0.39 is 47.4 Å². The number of carbonyl (C=O) groups excluding carboxylic acids is 3. The predicted molar refractivity (Wildman–Crippen MR) is 266 cm³/mol. The summed E-state index contributed by atoms with van der Waals surface area (Å²) < 4.78 is 3.48. The van der Waals surface area contributed by atoms with Gasteiger partial charge in [-0.3, -0.25) is 33.4 Å². The largest absolute Gasteiger partial charge is 0.481 e. The lowest BCUT2D eigenvalue weighted by molar-refractivity contribution is -0.144. The molecule has 3 aromatic carbocycles. The number of hydrogen-bond donors (Lipinski definition) is 4. The lowest BCUT2D eigenvalue weighted by Crippen LogP contribution is -2.58. The zero-order valence-corrected chi connectivity index (χ0v) is 41.3. The first-order valence-electron chi connectivity index (χ1n) is 22.8. The summed E-state index contributed by atoms with van der Waals surface area (Å²) in [4.78, 5) is 66.9. The number of hydrogen-bond acceptors (Lipinski definition) is 12. The number of aliphatic hydroxyl groups excluding tert-OH is 1. The second-order valence-corrected chi connectivity index (χ2v) is 21.1. The molecule has 0 aliphatic carbocycles. The van der Waals surface area contributed by atoms with Gasteiger partial charge >= 0.3 is 5.97 Å². The highest BCUT2D eigenvalue weighted by Gasteiger charge is 2.45. The quantitative estimate of drug-likeness (QED) is 0.0951. The van der Waals surface area contributed by atoms with Gasteiger partial charge in [-0.25, -0.2) is 4.98 Å². The van der Waals surface area contributed by atoms with Crippen LogP contribution in [0.5, 0.6) is 0 Å². The van der Waals surface area contributed by atoms with E-state index in [1.165, 1.54) is 4.90 Å². The summed E-state index contributed by atoms with van der Waals surface area (Å²) in [5, 5.41) is 41.6. The molecule has 2 aliphatic heterocycles. The molecule has 0 unspecified atom stereocenters. The molecule has 0 radical (unpaired) electrons. The van der Waals surface area contributed by atoms with Crippen molar-refractivity contribution in [3.8, 4) is 26.6 Å². The van der Waals surface area contributed by atoms with Gasteiger partial charge in [-0.05, 0) is 80.0 Å². The summed E-state index contributed by atoms with van der Waals surface area (Å²) in [6, 6.07) is 18.8. The number of thiazole rings is 1. The zero-order valence-electron chi connectivity index (χ0n) is 39.6. The Labute approximate surface area is 407 Å². The molecule has 0 saturated carbocycles. The van der Waals surface area contributed by atoms with Crippen LogP contribution in [0, 0.1) is 33.1 Å². The number of carboxylic acids is 1. The van der Waals surface area contributed by atoms with Crippen molar-refractivity contribution in [3.63, 3.8) is 0 Å². The van der Waals surface area contributed by atoms with Crippen LogP contribution in [0.2, 0.25) is 0 Å². The SMILES string of the molecule is Cc1ncsc1-c1ccc([C@H](C)NC(=O)[C@@H]2C[C@@H](O)CN2C(=O)[C@@H](NC(=O)Cn2cc3cc(-c4ccc(C5=N[C@@H](CC(=O)O)c6nnc(C)n6-c6sc(C)c(C)c65)cc4)ccc3n2)C(C)(C)C)cc1. The molecule has 18 heteroatoms. The fraction of sp³-hybridized carbons (Fsp3) is 0.353. The van der Waals surface area contributed by atoms with Gasteiger partial charge in [-0.2, -0.15) is 5.10 Å². The van der Waals surface area contributed by atoms with E-state index in [1.54, 1.807) is 33.6 Å². The van der Waals surface area contributed by atoms with E-state index in [2.05, 4.69) is 44.8 Å². The maximum atomic E-state index is 14.3. The number of rotatable bonds is 12. The monoisotopic (exact) mass is 966 g/mol. The standard InChI is InChI=1S/C51H54N10O6S2/c1-26-29(4)69-50-43(26)44(54-39(21-42(64)65)47-57-56-30(5)61(47)50)33-13-11-32(12-14-33)35-17-18-38-36(19-35)22-59(58-38)24-41(63)55-46(51(6,7)8)49(67)60-23-37(62)20-40(60)48(66)53-27(2)31-9-15-34(16-10-31)45-28(3)52-25-68-45/h9-19,22,25,27,37,39-40,46,62H,20-21,23-24H2,1-8H3,(H,53,66)(H,55,63)(H,64,65)/t27-,37+,39-,40-,46+/m0/s1. The molecule has 3 amide bonds. The van der Waals surface area contributed by atoms with Crippen molar-refractivity contribution in [1.29, 1.82) is 0 Å². The molecule has 7 aromatic rings. The molecule has 16 nitrogen and oxygen atoms in total. The topological polar surface area (TPSA) is 210 Å². The number of fused-ring (bicyclic) bond motifs is 4. The fourth-order valence-electron chi connectivity index (χ4n) is 9.22. The molecule has 69 heavy (non-hydrogen) atoms. The maximum Gasteiger partial charge on any atom is 0.306 e. The molecule has 5 atom stereocenters. The number of aryl methyl sites for hydroxylation is 3. The normalized spacial score (nSPS) is 17.7. The summed E-state index contributed by atoms with van der Waals surface area (Å²) in [6.45, 7) is 15.2. The third-order valence-corrected chi connectivity index (χ3v) is 15.2. The number of carboxylic acid groups (broad SMARTS) is 1. The van der Waals surface area contributed by atoms with Crippen LogP contribution in [-0.2, 0) is 25.7 Å². The summed E-state index contributed by atoms with van der Waals surface area (Å²) in [5.74, 6) is -1.06. The summed E-state index contributed by atoms with van der Waals surface area (Å²) in [7, 11) is 0. The minimum Gasteiger partial charge on any atom is -0.481 e. The molecule has 6 heterocycles. The van der Waals surface area contributed by atoms with Gasteiger partial charge in [-0.15, -0.1) is 32.9 Å². The summed E-state index contributed by atoms with van der Waals surface area (Å²) in [5.41, 5.74) is 10.1. The van der Waals surface area contributed by atoms with Crippen molar-refractivity contribution in [2.75, 3.05) is 6.54 Å². The second-order valence-electron chi connectivity index (χ2n) is 19.1. The maximum absolute atomic E-state index is 14.3. The van der Waals surface area contributed by atoms with Gasteiger partial charge in [0, 0.05) is 40.6 Å². The number of aromatic nitrogens is 6. The number of benzene rings is 3. The highest BCUT2D eigenvalue weighted by molar-refractivity contribution is 7.15. The van der Waals surface area contributed by atoms with E-state index >= 15 is 0 Å². The van der Waals surface area contributed by atoms with E-state index in [1.807, 2.05) is 118 Å². The van der Waals surface area contributed by atoms with Crippen molar-refractivity contribution < 1.29 is 29.4 Å². The van der Waals surface area contributed by atoms with Gasteiger partial charge in [0.25, 0.3) is 0 Å². The van der Waals surface area contributed by atoms with E-state index in [4.69, 9.17) is 4.99 Å². The van der Waals surface area contributed by atoms with E-state index in [9.17, 15) is 29.4 Å². The lowest BCUT2D eigenvalue weighted by Gasteiger charge is -2.35. The number of aliphatic hydroxyl groups is 1. The number of nitrogens with zero attached hydrogens (tertiary/aromatic N) is 8. The summed E-state index contributed by atoms with van der Waals surface area (Å²) >= 11 is 3.18. The third-order valence-electron chi connectivity index (χ3n) is 13.0. The van der Waals surface area contributed by atoms with Gasteiger partial charge in [-0.1, -0.05) is 75.4 Å². The molecular weight excluding hydrogens is 913 g/mol. The van der Waals surface area contributed by atoms with Crippen LogP contribution in [-0.4, -0.2) is 98.8 Å². The fourth-order valence-corrected chi connectivity index (χ4v) is 11.2. The Morgan fingerprint density at radius 2 is 1.59 bits per heavy atom. The first-order chi connectivity index (χ1) is 32.8. The molecule has 4 aromatic heterocycles. The van der Waals surface area contributed by atoms with Crippen molar-refractivity contribution in [2.24, 2.45) is 10.4 Å². The zero-order chi connectivity index (χ0) is 49.1. The average molecular weight is 967 g/mol. The van der Waals surface area contributed by atoms with Crippen molar-refractivity contribution in [1.82, 2.24) is 45.1 Å². The van der Waals surface area contributed by atoms with Crippen molar-refractivity contribution >= 4 is 63.0 Å². The third kappa shape index (κ3) is 9.35. The minimum absolute atomic E-state index is 0.0342. The molecule has 2 aliphatic rings. The van der Waals surface area contributed by atoms with Crippen LogP contribution in [0.3, 0.4) is 0 Å². The Kier molecular flexibility index (Phi) is 12.7. The number of likely N-dealkylation sites (tertiary alicyclic amines) is 1. The number of β-amino-alcohol motifs (C(OH)–C–C–N with tert-alkyl or cyclic N) is 1.